The van der Waals surface area contributed by atoms with Crippen LogP contribution in [0.5, 0.6) is 5.88 Å². The van der Waals surface area contributed by atoms with Crippen molar-refractivity contribution in [3.05, 3.63) is 35.5 Å². The molecule has 2 aliphatic rings. The Balaban J connectivity index is 1.38. The molecule has 1 saturated heterocycles. The normalized spacial score (nSPS) is 17.6. The van der Waals surface area contributed by atoms with Gasteiger partial charge in [0.2, 0.25) is 5.88 Å². The summed E-state index contributed by atoms with van der Waals surface area (Å²) in [6, 6.07) is 3.54. The Bertz CT molecular complexity index is 747. The lowest BCUT2D eigenvalue weighted by atomic mass is 9.95. The SMILES string of the molecule is CCOc1ccc(C(=O)N2CCC(c3nnc4n3CCC4)CC2)cn1. The summed E-state index contributed by atoms with van der Waals surface area (Å²) < 4.78 is 7.60. The van der Waals surface area contributed by atoms with E-state index in [0.717, 1.165) is 50.5 Å². The molecule has 2 aliphatic heterocycles. The number of carbonyl (C=O) groups is 1. The first-order valence-electron chi connectivity index (χ1n) is 9.06. The van der Waals surface area contributed by atoms with E-state index in [1.54, 1.807) is 18.3 Å². The molecule has 0 spiro atoms. The van der Waals surface area contributed by atoms with Crippen LogP contribution in [0.4, 0.5) is 0 Å². The molecule has 25 heavy (non-hydrogen) atoms. The van der Waals surface area contributed by atoms with Crippen LogP contribution in [0.1, 0.15) is 54.1 Å². The lowest BCUT2D eigenvalue weighted by molar-refractivity contribution is 0.0709. The topological polar surface area (TPSA) is 73.1 Å². The Hall–Kier alpha value is -2.44. The van der Waals surface area contributed by atoms with Gasteiger partial charge >= 0.3 is 0 Å². The number of ether oxygens (including phenoxy) is 1. The number of piperidine rings is 1. The Morgan fingerprint density at radius 3 is 2.80 bits per heavy atom. The van der Waals surface area contributed by atoms with Crippen molar-refractivity contribution >= 4 is 5.91 Å². The number of pyridine rings is 1. The van der Waals surface area contributed by atoms with Crippen LogP contribution >= 0.6 is 0 Å². The molecule has 0 atom stereocenters. The van der Waals surface area contributed by atoms with E-state index in [1.807, 2.05) is 11.8 Å². The molecule has 2 aromatic rings. The van der Waals surface area contributed by atoms with Crippen molar-refractivity contribution in [1.29, 1.82) is 0 Å². The molecule has 0 N–H and O–H groups in total. The Morgan fingerprint density at radius 2 is 2.08 bits per heavy atom. The van der Waals surface area contributed by atoms with Crippen molar-refractivity contribution < 1.29 is 9.53 Å². The Labute approximate surface area is 147 Å². The summed E-state index contributed by atoms with van der Waals surface area (Å²) >= 11 is 0. The monoisotopic (exact) mass is 341 g/mol. The van der Waals surface area contributed by atoms with Crippen molar-refractivity contribution in [2.45, 2.75) is 45.1 Å². The van der Waals surface area contributed by atoms with Gasteiger partial charge in [-0.1, -0.05) is 0 Å². The molecule has 7 nitrogen and oxygen atoms in total. The first-order valence-corrected chi connectivity index (χ1v) is 9.06. The minimum atomic E-state index is 0.0421. The van der Waals surface area contributed by atoms with Crippen LogP contribution in [-0.2, 0) is 13.0 Å². The standard InChI is InChI=1S/C18H23N5O2/c1-2-25-16-6-5-14(12-19-16)18(24)22-10-7-13(8-11-22)17-21-20-15-4-3-9-23(15)17/h5-6,12-13H,2-4,7-11H2,1H3. The summed E-state index contributed by atoms with van der Waals surface area (Å²) in [5.74, 6) is 3.23. The second-order valence-corrected chi connectivity index (χ2v) is 6.61. The van der Waals surface area contributed by atoms with E-state index in [0.29, 0.717) is 24.0 Å². The van der Waals surface area contributed by atoms with Crippen molar-refractivity contribution in [3.63, 3.8) is 0 Å². The molecule has 0 aliphatic carbocycles. The highest BCUT2D eigenvalue weighted by atomic mass is 16.5. The Morgan fingerprint density at radius 1 is 1.24 bits per heavy atom. The van der Waals surface area contributed by atoms with E-state index in [-0.39, 0.29) is 5.91 Å². The minimum absolute atomic E-state index is 0.0421. The Kier molecular flexibility index (Phi) is 4.38. The van der Waals surface area contributed by atoms with E-state index in [9.17, 15) is 4.79 Å². The summed E-state index contributed by atoms with van der Waals surface area (Å²) in [4.78, 5) is 18.8. The van der Waals surface area contributed by atoms with Crippen LogP contribution in [0.2, 0.25) is 0 Å². The third-order valence-electron chi connectivity index (χ3n) is 5.06. The predicted molar refractivity (Wildman–Crippen MR) is 91.6 cm³/mol. The largest absolute Gasteiger partial charge is 0.478 e. The van der Waals surface area contributed by atoms with Gasteiger partial charge in [-0.25, -0.2) is 4.98 Å². The van der Waals surface area contributed by atoms with Crippen LogP contribution < -0.4 is 4.74 Å². The number of carbonyl (C=O) groups excluding carboxylic acids is 1. The summed E-state index contributed by atoms with van der Waals surface area (Å²) in [7, 11) is 0. The first-order chi connectivity index (χ1) is 12.3. The fraction of sp³-hybridized carbons (Fsp3) is 0.556. The number of amides is 1. The molecule has 132 valence electrons. The average Bonchev–Trinajstić information content (AvgIpc) is 3.26. The van der Waals surface area contributed by atoms with Crippen LogP contribution in [0, 0.1) is 0 Å². The lowest BCUT2D eigenvalue weighted by Gasteiger charge is -2.31. The number of nitrogens with zero attached hydrogens (tertiary/aromatic N) is 5. The van der Waals surface area contributed by atoms with E-state index in [2.05, 4.69) is 19.7 Å². The number of fused-ring (bicyclic) bond motifs is 1. The zero-order valence-corrected chi connectivity index (χ0v) is 14.5. The van der Waals surface area contributed by atoms with Crippen LogP contribution in [0.25, 0.3) is 0 Å². The number of hydrogen-bond donors (Lipinski definition) is 0. The summed E-state index contributed by atoms with van der Waals surface area (Å²) in [5, 5.41) is 8.71. The highest BCUT2D eigenvalue weighted by Gasteiger charge is 2.29. The second-order valence-electron chi connectivity index (χ2n) is 6.61. The zero-order valence-electron chi connectivity index (χ0n) is 14.5. The van der Waals surface area contributed by atoms with E-state index >= 15 is 0 Å². The lowest BCUT2D eigenvalue weighted by Crippen LogP contribution is -2.38. The van der Waals surface area contributed by atoms with E-state index in [4.69, 9.17) is 4.74 Å². The summed E-state index contributed by atoms with van der Waals surface area (Å²) in [6.07, 6.45) is 5.68. The maximum Gasteiger partial charge on any atom is 0.255 e. The maximum atomic E-state index is 12.7. The summed E-state index contributed by atoms with van der Waals surface area (Å²) in [6.45, 7) is 5.02. The zero-order chi connectivity index (χ0) is 17.2. The predicted octanol–water partition coefficient (Wildman–Crippen LogP) is 2.04. The van der Waals surface area contributed by atoms with Crippen LogP contribution in [0.15, 0.2) is 18.3 Å². The highest BCUT2D eigenvalue weighted by Crippen LogP contribution is 2.29. The average molecular weight is 341 g/mol. The van der Waals surface area contributed by atoms with Gasteiger partial charge in [-0.2, -0.15) is 0 Å². The quantitative estimate of drug-likeness (QED) is 0.851. The van der Waals surface area contributed by atoms with Gasteiger partial charge in [0.15, 0.2) is 0 Å². The molecule has 0 saturated carbocycles. The first kappa shape index (κ1) is 16.1. The molecule has 0 bridgehead atoms. The molecule has 7 heteroatoms. The number of hydrogen-bond acceptors (Lipinski definition) is 5. The van der Waals surface area contributed by atoms with Gasteiger partial charge < -0.3 is 14.2 Å². The van der Waals surface area contributed by atoms with E-state index in [1.165, 1.54) is 6.42 Å². The number of aromatic nitrogens is 4. The fourth-order valence-corrected chi connectivity index (χ4v) is 3.74. The van der Waals surface area contributed by atoms with Gasteiger partial charge in [0, 0.05) is 44.2 Å². The molecule has 1 fully saturated rings. The van der Waals surface area contributed by atoms with Gasteiger partial charge in [-0.05, 0) is 32.3 Å². The molecule has 0 aromatic carbocycles. The van der Waals surface area contributed by atoms with E-state index < -0.39 is 0 Å². The van der Waals surface area contributed by atoms with Crippen molar-refractivity contribution in [2.75, 3.05) is 19.7 Å². The molecule has 2 aromatic heterocycles. The molecule has 4 rings (SSSR count). The van der Waals surface area contributed by atoms with Crippen LogP contribution in [0.3, 0.4) is 0 Å². The summed E-state index contributed by atoms with van der Waals surface area (Å²) in [5.41, 5.74) is 0.616. The molecular formula is C18H23N5O2. The van der Waals surface area contributed by atoms with Gasteiger partial charge in [0.05, 0.1) is 12.2 Å². The van der Waals surface area contributed by atoms with Crippen molar-refractivity contribution in [3.8, 4) is 5.88 Å². The van der Waals surface area contributed by atoms with Gasteiger partial charge in [0.25, 0.3) is 5.91 Å². The molecule has 0 unspecified atom stereocenters. The number of likely N-dealkylation sites (tertiary alicyclic amines) is 1. The molecular weight excluding hydrogens is 318 g/mol. The third kappa shape index (κ3) is 3.10. The highest BCUT2D eigenvalue weighted by molar-refractivity contribution is 5.94. The maximum absolute atomic E-state index is 12.7. The van der Waals surface area contributed by atoms with Gasteiger partial charge in [-0.15, -0.1) is 10.2 Å². The third-order valence-corrected chi connectivity index (χ3v) is 5.06. The molecule has 4 heterocycles. The smallest absolute Gasteiger partial charge is 0.255 e. The number of rotatable bonds is 4. The number of aryl methyl sites for hydroxylation is 1. The van der Waals surface area contributed by atoms with Crippen LogP contribution in [-0.4, -0.2) is 50.3 Å². The fourth-order valence-electron chi connectivity index (χ4n) is 3.74. The van der Waals surface area contributed by atoms with Crippen molar-refractivity contribution in [1.82, 2.24) is 24.6 Å². The molecule has 0 radical (unpaired) electrons. The van der Waals surface area contributed by atoms with Crippen molar-refractivity contribution in [2.24, 2.45) is 0 Å². The minimum Gasteiger partial charge on any atom is -0.478 e. The second kappa shape index (κ2) is 6.82. The van der Waals surface area contributed by atoms with Gasteiger partial charge in [-0.3, -0.25) is 4.79 Å². The van der Waals surface area contributed by atoms with Gasteiger partial charge in [0.1, 0.15) is 11.6 Å². The molecule has 1 amide bonds.